The van der Waals surface area contributed by atoms with E-state index in [-0.39, 0.29) is 11.8 Å². The fourth-order valence-corrected chi connectivity index (χ4v) is 3.67. The van der Waals surface area contributed by atoms with Crippen molar-refractivity contribution in [3.63, 3.8) is 0 Å². The van der Waals surface area contributed by atoms with Gasteiger partial charge in [-0.15, -0.1) is 0 Å². The van der Waals surface area contributed by atoms with Crippen molar-refractivity contribution in [1.82, 2.24) is 14.9 Å². The quantitative estimate of drug-likeness (QED) is 0.915. The lowest BCUT2D eigenvalue weighted by molar-refractivity contribution is -0.139. The van der Waals surface area contributed by atoms with Crippen LogP contribution in [0.3, 0.4) is 0 Å². The van der Waals surface area contributed by atoms with E-state index in [4.69, 9.17) is 9.72 Å². The van der Waals surface area contributed by atoms with Crippen molar-refractivity contribution in [1.29, 1.82) is 0 Å². The summed E-state index contributed by atoms with van der Waals surface area (Å²) in [5.41, 5.74) is 3.26. The number of fused-ring (bicyclic) bond motifs is 1. The molecule has 4 rings (SSSR count). The van der Waals surface area contributed by atoms with Crippen LogP contribution in [0.4, 0.5) is 5.95 Å². The summed E-state index contributed by atoms with van der Waals surface area (Å²) < 4.78 is 5.35. The number of hydrogen-bond acceptors (Lipinski definition) is 4. The molecule has 1 N–H and O–H groups in total. The standard InChI is InChI=1S/C18H24N4O2/c1-13-4-5-15-16(11-13)20-18(19-15)22-6-2-3-14(12-22)17(23)21-7-9-24-10-8-21/h4-5,11,14H,2-3,6-10,12H2,1H3,(H,19,20)/t14-/m0/s1. The maximum Gasteiger partial charge on any atom is 0.227 e. The number of nitrogens with zero attached hydrogens (tertiary/aromatic N) is 3. The highest BCUT2D eigenvalue weighted by Crippen LogP contribution is 2.25. The molecule has 1 amide bonds. The van der Waals surface area contributed by atoms with Crippen LogP contribution in [0, 0.1) is 12.8 Å². The van der Waals surface area contributed by atoms with Gasteiger partial charge in [-0.05, 0) is 37.5 Å². The van der Waals surface area contributed by atoms with Crippen molar-refractivity contribution in [2.24, 2.45) is 5.92 Å². The predicted octanol–water partition coefficient (Wildman–Crippen LogP) is 1.95. The second-order valence-electron chi connectivity index (χ2n) is 6.80. The summed E-state index contributed by atoms with van der Waals surface area (Å²) in [4.78, 5) is 25.1. The Morgan fingerprint density at radius 3 is 2.96 bits per heavy atom. The number of carbonyl (C=O) groups is 1. The minimum absolute atomic E-state index is 0.0619. The zero-order valence-corrected chi connectivity index (χ0v) is 14.1. The second-order valence-corrected chi connectivity index (χ2v) is 6.80. The number of ether oxygens (including phenoxy) is 1. The van der Waals surface area contributed by atoms with Gasteiger partial charge in [0.1, 0.15) is 0 Å². The van der Waals surface area contributed by atoms with Crippen LogP contribution in [0.5, 0.6) is 0 Å². The summed E-state index contributed by atoms with van der Waals surface area (Å²) in [6.45, 7) is 6.53. The van der Waals surface area contributed by atoms with Crippen LogP contribution in [0.1, 0.15) is 18.4 Å². The fraction of sp³-hybridized carbons (Fsp3) is 0.556. The number of carbonyl (C=O) groups excluding carboxylic acids is 1. The molecular weight excluding hydrogens is 304 g/mol. The molecule has 2 aliphatic heterocycles. The first-order valence-corrected chi connectivity index (χ1v) is 8.78. The first-order chi connectivity index (χ1) is 11.7. The Bertz CT molecular complexity index is 736. The monoisotopic (exact) mass is 328 g/mol. The van der Waals surface area contributed by atoms with Crippen LogP contribution >= 0.6 is 0 Å². The van der Waals surface area contributed by atoms with Crippen LogP contribution in [-0.2, 0) is 9.53 Å². The molecule has 0 aliphatic carbocycles. The minimum Gasteiger partial charge on any atom is -0.378 e. The SMILES string of the molecule is Cc1ccc2nc(N3CCC[C@H](C(=O)N4CCOCC4)C3)[nH]c2c1. The molecule has 2 aromatic rings. The van der Waals surface area contributed by atoms with Gasteiger partial charge in [0.2, 0.25) is 11.9 Å². The van der Waals surface area contributed by atoms with E-state index in [1.807, 2.05) is 11.0 Å². The van der Waals surface area contributed by atoms with Crippen molar-refractivity contribution in [2.75, 3.05) is 44.3 Å². The number of rotatable bonds is 2. The van der Waals surface area contributed by atoms with Gasteiger partial charge in [-0.2, -0.15) is 0 Å². The van der Waals surface area contributed by atoms with Gasteiger partial charge < -0.3 is 19.5 Å². The van der Waals surface area contributed by atoms with Crippen molar-refractivity contribution in [3.05, 3.63) is 23.8 Å². The maximum absolute atomic E-state index is 12.8. The third kappa shape index (κ3) is 2.98. The zero-order valence-electron chi connectivity index (χ0n) is 14.1. The van der Waals surface area contributed by atoms with Gasteiger partial charge in [0.05, 0.1) is 30.2 Å². The average Bonchev–Trinajstić information content (AvgIpc) is 3.05. The smallest absolute Gasteiger partial charge is 0.227 e. The number of aromatic nitrogens is 2. The van der Waals surface area contributed by atoms with Gasteiger partial charge in [0, 0.05) is 26.2 Å². The number of aromatic amines is 1. The van der Waals surface area contributed by atoms with E-state index in [0.29, 0.717) is 13.2 Å². The summed E-state index contributed by atoms with van der Waals surface area (Å²) >= 11 is 0. The van der Waals surface area contributed by atoms with Crippen LogP contribution in [0.15, 0.2) is 18.2 Å². The summed E-state index contributed by atoms with van der Waals surface area (Å²) in [5.74, 6) is 1.22. The zero-order chi connectivity index (χ0) is 16.5. The van der Waals surface area contributed by atoms with Crippen LogP contribution < -0.4 is 4.90 Å². The van der Waals surface area contributed by atoms with E-state index < -0.39 is 0 Å². The molecule has 1 aromatic carbocycles. The molecule has 6 heteroatoms. The Balaban J connectivity index is 1.50. The van der Waals surface area contributed by atoms with Crippen molar-refractivity contribution >= 4 is 22.9 Å². The minimum atomic E-state index is 0.0619. The number of hydrogen-bond donors (Lipinski definition) is 1. The van der Waals surface area contributed by atoms with E-state index in [1.54, 1.807) is 0 Å². The number of amides is 1. The van der Waals surface area contributed by atoms with Crippen molar-refractivity contribution < 1.29 is 9.53 Å². The van der Waals surface area contributed by atoms with E-state index in [2.05, 4.69) is 28.9 Å². The molecule has 0 radical (unpaired) electrons. The number of piperidine rings is 1. The molecule has 3 heterocycles. The highest BCUT2D eigenvalue weighted by Gasteiger charge is 2.31. The van der Waals surface area contributed by atoms with Gasteiger partial charge in [-0.25, -0.2) is 4.98 Å². The lowest BCUT2D eigenvalue weighted by atomic mass is 9.96. The predicted molar refractivity (Wildman–Crippen MR) is 93.2 cm³/mol. The van der Waals surface area contributed by atoms with Crippen LogP contribution in [0.2, 0.25) is 0 Å². The van der Waals surface area contributed by atoms with E-state index >= 15 is 0 Å². The van der Waals surface area contributed by atoms with Gasteiger partial charge >= 0.3 is 0 Å². The van der Waals surface area contributed by atoms with Gasteiger partial charge in [-0.1, -0.05) is 6.07 Å². The largest absolute Gasteiger partial charge is 0.378 e. The van der Waals surface area contributed by atoms with Crippen LogP contribution in [0.25, 0.3) is 11.0 Å². The summed E-state index contributed by atoms with van der Waals surface area (Å²) in [6.07, 6.45) is 1.99. The number of H-pyrrole nitrogens is 1. The fourth-order valence-electron chi connectivity index (χ4n) is 3.67. The third-order valence-electron chi connectivity index (χ3n) is 5.02. The number of benzene rings is 1. The maximum atomic E-state index is 12.8. The van der Waals surface area contributed by atoms with Crippen molar-refractivity contribution in [2.45, 2.75) is 19.8 Å². The molecule has 0 unspecified atom stereocenters. The molecule has 24 heavy (non-hydrogen) atoms. The Labute approximate surface area is 141 Å². The number of anilines is 1. The normalized spacial score (nSPS) is 22.1. The lowest BCUT2D eigenvalue weighted by Crippen LogP contribution is -2.48. The molecule has 2 fully saturated rings. The molecule has 2 saturated heterocycles. The number of nitrogens with one attached hydrogen (secondary N) is 1. The summed E-state index contributed by atoms with van der Waals surface area (Å²) in [7, 11) is 0. The number of morpholine rings is 1. The topological polar surface area (TPSA) is 61.5 Å². The Kier molecular flexibility index (Phi) is 4.14. The number of aryl methyl sites for hydroxylation is 1. The van der Waals surface area contributed by atoms with Crippen LogP contribution in [-0.4, -0.2) is 60.2 Å². The average molecular weight is 328 g/mol. The number of imidazole rings is 1. The molecule has 1 atom stereocenters. The highest BCUT2D eigenvalue weighted by molar-refractivity contribution is 5.81. The van der Waals surface area contributed by atoms with Gasteiger partial charge in [-0.3, -0.25) is 4.79 Å². The first-order valence-electron chi connectivity index (χ1n) is 8.78. The molecule has 0 bridgehead atoms. The first kappa shape index (κ1) is 15.4. The lowest BCUT2D eigenvalue weighted by Gasteiger charge is -2.36. The van der Waals surface area contributed by atoms with Gasteiger partial charge in [0.15, 0.2) is 0 Å². The van der Waals surface area contributed by atoms with E-state index in [1.165, 1.54) is 5.56 Å². The molecule has 2 aliphatic rings. The van der Waals surface area contributed by atoms with E-state index in [9.17, 15) is 4.79 Å². The van der Waals surface area contributed by atoms with Crippen molar-refractivity contribution in [3.8, 4) is 0 Å². The summed E-state index contributed by atoms with van der Waals surface area (Å²) in [6, 6.07) is 6.24. The molecule has 6 nitrogen and oxygen atoms in total. The Morgan fingerprint density at radius 2 is 2.12 bits per heavy atom. The van der Waals surface area contributed by atoms with E-state index in [0.717, 1.165) is 56.0 Å². The van der Waals surface area contributed by atoms with Gasteiger partial charge in [0.25, 0.3) is 0 Å². The Morgan fingerprint density at radius 1 is 1.29 bits per heavy atom. The third-order valence-corrected chi connectivity index (χ3v) is 5.02. The second kappa shape index (κ2) is 6.43. The Hall–Kier alpha value is -2.08. The summed E-state index contributed by atoms with van der Waals surface area (Å²) in [5, 5.41) is 0. The molecular formula is C18H24N4O2. The highest BCUT2D eigenvalue weighted by atomic mass is 16.5. The molecule has 0 spiro atoms. The molecule has 1 aromatic heterocycles. The molecule has 0 saturated carbocycles. The molecule has 128 valence electrons.